The van der Waals surface area contributed by atoms with Gasteiger partial charge in [0.25, 0.3) is 0 Å². The molecule has 0 aromatic heterocycles. The molecule has 0 atom stereocenters. The van der Waals surface area contributed by atoms with Crippen LogP contribution < -0.4 is 5.32 Å². The number of alkyl carbamates (subject to hydrolysis) is 1. The quantitative estimate of drug-likeness (QED) is 0.680. The van der Waals surface area contributed by atoms with Crippen LogP contribution in [0.5, 0.6) is 0 Å². The van der Waals surface area contributed by atoms with Gasteiger partial charge < -0.3 is 24.4 Å². The lowest BCUT2D eigenvalue weighted by atomic mass is 10.2. The standard InChI is InChI=1S/C15H28N2O5/c1-15(2,3)22-14(19)16-6-9-20-10-11-21-12-13(18)17-7-4-5-8-17/h4-12H2,1-3H3,(H,16,19). The molecule has 0 spiro atoms. The Morgan fingerprint density at radius 1 is 1.05 bits per heavy atom. The van der Waals surface area contributed by atoms with Gasteiger partial charge in [-0.25, -0.2) is 4.79 Å². The van der Waals surface area contributed by atoms with Crippen molar-refractivity contribution in [2.45, 2.75) is 39.2 Å². The van der Waals surface area contributed by atoms with Crippen molar-refractivity contribution in [3.63, 3.8) is 0 Å². The Bertz CT molecular complexity index is 348. The topological polar surface area (TPSA) is 77.1 Å². The summed E-state index contributed by atoms with van der Waals surface area (Å²) in [5, 5.41) is 2.60. The van der Waals surface area contributed by atoms with Gasteiger partial charge in [0.15, 0.2) is 0 Å². The predicted molar refractivity (Wildman–Crippen MR) is 81.7 cm³/mol. The second kappa shape index (κ2) is 9.63. The van der Waals surface area contributed by atoms with Gasteiger partial charge in [-0.15, -0.1) is 0 Å². The molecule has 1 fully saturated rings. The van der Waals surface area contributed by atoms with Crippen molar-refractivity contribution >= 4 is 12.0 Å². The SMILES string of the molecule is CC(C)(C)OC(=O)NCCOCCOCC(=O)N1CCCC1. The van der Waals surface area contributed by atoms with E-state index in [1.54, 1.807) is 0 Å². The fourth-order valence-corrected chi connectivity index (χ4v) is 1.98. The number of likely N-dealkylation sites (tertiary alicyclic amines) is 1. The molecule has 1 rings (SSSR count). The third-order valence-corrected chi connectivity index (χ3v) is 2.97. The number of carbonyl (C=O) groups excluding carboxylic acids is 2. The molecule has 1 N–H and O–H groups in total. The highest BCUT2D eigenvalue weighted by Gasteiger charge is 2.17. The van der Waals surface area contributed by atoms with Crippen molar-refractivity contribution in [2.24, 2.45) is 0 Å². The van der Waals surface area contributed by atoms with E-state index in [-0.39, 0.29) is 12.5 Å². The molecule has 0 radical (unpaired) electrons. The number of hydrogen-bond acceptors (Lipinski definition) is 5. The summed E-state index contributed by atoms with van der Waals surface area (Å²) in [5.74, 6) is 0.0455. The Labute approximate surface area is 132 Å². The van der Waals surface area contributed by atoms with Crippen molar-refractivity contribution in [3.8, 4) is 0 Å². The van der Waals surface area contributed by atoms with Gasteiger partial charge >= 0.3 is 6.09 Å². The normalized spacial score (nSPS) is 15.0. The second-order valence-electron chi connectivity index (χ2n) is 6.18. The van der Waals surface area contributed by atoms with Crippen molar-refractivity contribution < 1.29 is 23.8 Å². The van der Waals surface area contributed by atoms with E-state index in [0.29, 0.717) is 26.4 Å². The van der Waals surface area contributed by atoms with Crippen LogP contribution >= 0.6 is 0 Å². The van der Waals surface area contributed by atoms with Crippen LogP contribution in [0.4, 0.5) is 4.79 Å². The highest BCUT2D eigenvalue weighted by Crippen LogP contribution is 2.07. The van der Waals surface area contributed by atoms with Gasteiger partial charge in [-0.05, 0) is 33.6 Å². The van der Waals surface area contributed by atoms with Crippen LogP contribution in [0, 0.1) is 0 Å². The molecule has 0 aliphatic carbocycles. The second-order valence-corrected chi connectivity index (χ2v) is 6.18. The molecular formula is C15H28N2O5. The molecule has 0 aromatic rings. The van der Waals surface area contributed by atoms with Gasteiger partial charge in [-0.2, -0.15) is 0 Å². The summed E-state index contributed by atoms with van der Waals surface area (Å²) in [7, 11) is 0. The van der Waals surface area contributed by atoms with E-state index in [9.17, 15) is 9.59 Å². The monoisotopic (exact) mass is 316 g/mol. The minimum absolute atomic E-state index is 0.0455. The smallest absolute Gasteiger partial charge is 0.407 e. The Kier molecular flexibility index (Phi) is 8.19. The minimum atomic E-state index is -0.499. The average molecular weight is 316 g/mol. The van der Waals surface area contributed by atoms with Crippen LogP contribution in [0.2, 0.25) is 0 Å². The lowest BCUT2D eigenvalue weighted by molar-refractivity contribution is -0.135. The molecule has 22 heavy (non-hydrogen) atoms. The summed E-state index contributed by atoms with van der Waals surface area (Å²) in [5.41, 5.74) is -0.499. The van der Waals surface area contributed by atoms with Crippen LogP contribution in [0.3, 0.4) is 0 Å². The fourth-order valence-electron chi connectivity index (χ4n) is 1.98. The molecule has 0 aromatic carbocycles. The molecule has 7 heteroatoms. The lowest BCUT2D eigenvalue weighted by Crippen LogP contribution is -2.34. The highest BCUT2D eigenvalue weighted by molar-refractivity contribution is 5.77. The number of amides is 2. The Hall–Kier alpha value is -1.34. The van der Waals surface area contributed by atoms with Gasteiger partial charge in [-0.3, -0.25) is 4.79 Å². The van der Waals surface area contributed by atoms with E-state index in [2.05, 4.69) is 5.32 Å². The Morgan fingerprint density at radius 2 is 1.68 bits per heavy atom. The van der Waals surface area contributed by atoms with E-state index >= 15 is 0 Å². The number of ether oxygens (including phenoxy) is 3. The zero-order valence-corrected chi connectivity index (χ0v) is 13.9. The molecular weight excluding hydrogens is 288 g/mol. The number of rotatable bonds is 8. The summed E-state index contributed by atoms with van der Waals surface area (Å²) < 4.78 is 15.7. The molecule has 1 aliphatic heterocycles. The summed E-state index contributed by atoms with van der Waals surface area (Å²) in [6, 6.07) is 0. The summed E-state index contributed by atoms with van der Waals surface area (Å²) in [4.78, 5) is 24.8. The molecule has 128 valence electrons. The molecule has 0 saturated carbocycles. The zero-order valence-electron chi connectivity index (χ0n) is 13.9. The van der Waals surface area contributed by atoms with Crippen LogP contribution in [0.15, 0.2) is 0 Å². The first-order chi connectivity index (χ1) is 10.4. The highest BCUT2D eigenvalue weighted by atomic mass is 16.6. The first-order valence-corrected chi connectivity index (χ1v) is 7.78. The van der Waals surface area contributed by atoms with Gasteiger partial charge in [0.05, 0.1) is 19.8 Å². The van der Waals surface area contributed by atoms with Gasteiger partial charge in [-0.1, -0.05) is 0 Å². The predicted octanol–water partition coefficient (Wildman–Crippen LogP) is 1.17. The largest absolute Gasteiger partial charge is 0.444 e. The van der Waals surface area contributed by atoms with Crippen LogP contribution in [-0.2, 0) is 19.0 Å². The van der Waals surface area contributed by atoms with Gasteiger partial charge in [0.2, 0.25) is 5.91 Å². The average Bonchev–Trinajstić information content (AvgIpc) is 2.93. The molecule has 1 aliphatic rings. The summed E-state index contributed by atoms with van der Waals surface area (Å²) in [6.07, 6.45) is 1.71. The summed E-state index contributed by atoms with van der Waals surface area (Å²) in [6.45, 7) is 8.74. The third-order valence-electron chi connectivity index (χ3n) is 2.97. The number of nitrogens with one attached hydrogen (secondary N) is 1. The number of carbonyl (C=O) groups is 2. The van der Waals surface area contributed by atoms with E-state index in [1.807, 2.05) is 25.7 Å². The molecule has 0 unspecified atom stereocenters. The number of nitrogens with zero attached hydrogens (tertiary/aromatic N) is 1. The lowest BCUT2D eigenvalue weighted by Gasteiger charge is -2.19. The molecule has 1 heterocycles. The number of hydrogen-bond donors (Lipinski definition) is 1. The maximum Gasteiger partial charge on any atom is 0.407 e. The maximum absolute atomic E-state index is 11.7. The molecule has 2 amide bonds. The van der Waals surface area contributed by atoms with Gasteiger partial charge in [0.1, 0.15) is 12.2 Å². The maximum atomic E-state index is 11.7. The van der Waals surface area contributed by atoms with Crippen molar-refractivity contribution in [1.82, 2.24) is 10.2 Å². The zero-order chi connectivity index (χ0) is 16.4. The van der Waals surface area contributed by atoms with E-state index < -0.39 is 11.7 Å². The first-order valence-electron chi connectivity index (χ1n) is 7.78. The van der Waals surface area contributed by atoms with Gasteiger partial charge in [0, 0.05) is 19.6 Å². The van der Waals surface area contributed by atoms with E-state index in [1.165, 1.54) is 0 Å². The fraction of sp³-hybridized carbons (Fsp3) is 0.867. The van der Waals surface area contributed by atoms with Crippen LogP contribution in [0.1, 0.15) is 33.6 Å². The molecule has 1 saturated heterocycles. The van der Waals surface area contributed by atoms with E-state index in [0.717, 1.165) is 25.9 Å². The van der Waals surface area contributed by atoms with Crippen molar-refractivity contribution in [2.75, 3.05) is 46.1 Å². The Balaban J connectivity index is 1.89. The minimum Gasteiger partial charge on any atom is -0.444 e. The Morgan fingerprint density at radius 3 is 2.32 bits per heavy atom. The van der Waals surface area contributed by atoms with Crippen LogP contribution in [-0.4, -0.2) is 68.6 Å². The first kappa shape index (κ1) is 18.7. The molecule has 0 bridgehead atoms. The van der Waals surface area contributed by atoms with Crippen LogP contribution in [0.25, 0.3) is 0 Å². The third kappa shape index (κ3) is 8.84. The van der Waals surface area contributed by atoms with Crippen molar-refractivity contribution in [3.05, 3.63) is 0 Å². The summed E-state index contributed by atoms with van der Waals surface area (Å²) >= 11 is 0. The van der Waals surface area contributed by atoms with E-state index in [4.69, 9.17) is 14.2 Å². The van der Waals surface area contributed by atoms with Crippen molar-refractivity contribution in [1.29, 1.82) is 0 Å². The molecule has 7 nitrogen and oxygen atoms in total.